The van der Waals surface area contributed by atoms with Gasteiger partial charge in [0, 0.05) is 13.2 Å². The molecule has 1 aromatic carbocycles. The Labute approximate surface area is 122 Å². The van der Waals surface area contributed by atoms with Crippen molar-refractivity contribution in [2.24, 2.45) is 8.73 Å². The van der Waals surface area contributed by atoms with Crippen LogP contribution >= 0.6 is 0 Å². The van der Waals surface area contributed by atoms with Gasteiger partial charge in [0.05, 0.1) is 11.4 Å². The highest BCUT2D eigenvalue weighted by molar-refractivity contribution is 7.89. The van der Waals surface area contributed by atoms with E-state index in [0.29, 0.717) is 17.9 Å². The third-order valence-electron chi connectivity index (χ3n) is 2.92. The van der Waals surface area contributed by atoms with E-state index in [9.17, 15) is 8.42 Å². The van der Waals surface area contributed by atoms with Crippen LogP contribution in [0.5, 0.6) is 0 Å². The number of aliphatic hydroxyl groups excluding tert-OH is 1. The highest BCUT2D eigenvalue weighted by Gasteiger charge is 2.21. The molecule has 6 nitrogen and oxygen atoms in total. The van der Waals surface area contributed by atoms with E-state index in [1.165, 1.54) is 6.07 Å². The van der Waals surface area contributed by atoms with Gasteiger partial charge >= 0.3 is 0 Å². The van der Waals surface area contributed by atoms with Gasteiger partial charge in [0.1, 0.15) is 16.3 Å². The van der Waals surface area contributed by atoms with E-state index in [1.807, 2.05) is 0 Å². The van der Waals surface area contributed by atoms with E-state index in [2.05, 4.69) is 13.4 Å². The van der Waals surface area contributed by atoms with Crippen LogP contribution in [0.15, 0.2) is 31.8 Å². The number of unbranched alkanes of at least 4 members (excludes halogenated alkanes) is 3. The molecule has 0 saturated carbocycles. The lowest BCUT2D eigenvalue weighted by Gasteiger charge is -2.08. The normalized spacial score (nSPS) is 13.2. The molecule has 1 heterocycles. The SMILES string of the molecule is O=S(=O)(NCCCCCCO)c1cccc2c1N=S=N2. The molecular formula is C12H17N3O3S2. The van der Waals surface area contributed by atoms with Crippen molar-refractivity contribution < 1.29 is 13.5 Å². The van der Waals surface area contributed by atoms with E-state index in [1.54, 1.807) is 12.1 Å². The summed E-state index contributed by atoms with van der Waals surface area (Å²) >= 11 is 1.00. The van der Waals surface area contributed by atoms with Gasteiger partial charge in [0.25, 0.3) is 0 Å². The number of rotatable bonds is 8. The average Bonchev–Trinajstić information content (AvgIpc) is 2.90. The molecule has 0 amide bonds. The summed E-state index contributed by atoms with van der Waals surface area (Å²) in [6.45, 7) is 0.576. The minimum absolute atomic E-state index is 0.180. The zero-order chi connectivity index (χ0) is 14.4. The van der Waals surface area contributed by atoms with Crippen LogP contribution in [0.4, 0.5) is 11.4 Å². The van der Waals surface area contributed by atoms with Crippen LogP contribution in [0.1, 0.15) is 25.7 Å². The van der Waals surface area contributed by atoms with Crippen LogP contribution in [0.2, 0.25) is 0 Å². The standard InChI is InChI=1S/C12H17N3O3S2/c16-9-4-2-1-3-8-13-20(17,18)11-7-5-6-10-12(11)15-19-14-10/h5-7,13,16H,1-4,8-9H2. The first-order chi connectivity index (χ1) is 9.65. The molecule has 1 aromatic rings. The van der Waals surface area contributed by atoms with Crippen molar-refractivity contribution in [3.05, 3.63) is 18.2 Å². The number of fused-ring (bicyclic) bond motifs is 1. The molecule has 0 fully saturated rings. The van der Waals surface area contributed by atoms with Gasteiger partial charge in [-0.3, -0.25) is 0 Å². The fourth-order valence-electron chi connectivity index (χ4n) is 1.87. The maximum Gasteiger partial charge on any atom is 0.242 e. The predicted octanol–water partition coefficient (Wildman–Crippen LogP) is 2.24. The summed E-state index contributed by atoms with van der Waals surface area (Å²) in [4.78, 5) is 0.180. The molecule has 110 valence electrons. The molecule has 0 atom stereocenters. The van der Waals surface area contributed by atoms with Gasteiger partial charge in [0.15, 0.2) is 0 Å². The summed E-state index contributed by atoms with van der Waals surface area (Å²) in [7, 11) is -3.54. The Kier molecular flexibility index (Phi) is 5.41. The van der Waals surface area contributed by atoms with Crippen LogP contribution < -0.4 is 4.72 Å². The van der Waals surface area contributed by atoms with E-state index >= 15 is 0 Å². The maximum atomic E-state index is 12.2. The number of hydrogen-bond donors (Lipinski definition) is 2. The van der Waals surface area contributed by atoms with E-state index in [0.717, 1.165) is 37.0 Å². The average molecular weight is 315 g/mol. The Hall–Kier alpha value is -1.09. The molecule has 8 heteroatoms. The lowest BCUT2D eigenvalue weighted by molar-refractivity contribution is 0.282. The number of nitrogens with one attached hydrogen (secondary N) is 1. The fraction of sp³-hybridized carbons (Fsp3) is 0.500. The van der Waals surface area contributed by atoms with Gasteiger partial charge in [-0.25, -0.2) is 13.1 Å². The Morgan fingerprint density at radius 1 is 1.15 bits per heavy atom. The van der Waals surface area contributed by atoms with Crippen molar-refractivity contribution in [1.82, 2.24) is 4.72 Å². The molecule has 2 rings (SSSR count). The Balaban J connectivity index is 1.95. The second kappa shape index (κ2) is 7.07. The van der Waals surface area contributed by atoms with Gasteiger partial charge in [-0.05, 0) is 25.0 Å². The van der Waals surface area contributed by atoms with Crippen LogP contribution in [-0.2, 0) is 21.4 Å². The van der Waals surface area contributed by atoms with Crippen LogP contribution in [0, 0.1) is 0 Å². The number of hydrogen-bond acceptors (Lipinski definition) is 5. The monoisotopic (exact) mass is 315 g/mol. The van der Waals surface area contributed by atoms with Gasteiger partial charge < -0.3 is 5.11 Å². The van der Waals surface area contributed by atoms with Crippen molar-refractivity contribution in [3.63, 3.8) is 0 Å². The maximum absolute atomic E-state index is 12.2. The second-order valence-electron chi connectivity index (χ2n) is 4.42. The van der Waals surface area contributed by atoms with Crippen LogP contribution in [-0.4, -0.2) is 26.7 Å². The quantitative estimate of drug-likeness (QED) is 0.732. The Bertz CT molecular complexity index is 637. The molecule has 0 unspecified atom stereocenters. The second-order valence-corrected chi connectivity index (χ2v) is 6.69. The van der Waals surface area contributed by atoms with E-state index in [4.69, 9.17) is 5.11 Å². The number of aliphatic hydroxyl groups is 1. The molecule has 0 radical (unpaired) electrons. The summed E-state index contributed by atoms with van der Waals surface area (Å²) < 4.78 is 35.1. The van der Waals surface area contributed by atoms with Crippen molar-refractivity contribution in [2.75, 3.05) is 13.2 Å². The summed E-state index contributed by atoms with van der Waals surface area (Å²) in [5.74, 6) is 0. The van der Waals surface area contributed by atoms with E-state index in [-0.39, 0.29) is 11.5 Å². The minimum Gasteiger partial charge on any atom is -0.396 e. The van der Waals surface area contributed by atoms with Crippen molar-refractivity contribution >= 4 is 32.8 Å². The number of benzene rings is 1. The largest absolute Gasteiger partial charge is 0.396 e. The molecule has 1 aliphatic heterocycles. The predicted molar refractivity (Wildman–Crippen MR) is 78.7 cm³/mol. The van der Waals surface area contributed by atoms with E-state index < -0.39 is 10.0 Å². The molecule has 0 bridgehead atoms. The molecule has 0 spiro atoms. The molecule has 20 heavy (non-hydrogen) atoms. The summed E-state index contributed by atoms with van der Waals surface area (Å²) in [6.07, 6.45) is 3.32. The smallest absolute Gasteiger partial charge is 0.242 e. The highest BCUT2D eigenvalue weighted by Crippen LogP contribution is 2.37. The lowest BCUT2D eigenvalue weighted by atomic mass is 10.2. The topological polar surface area (TPSA) is 91.1 Å². The first kappa shape index (κ1) is 15.3. The van der Waals surface area contributed by atoms with Gasteiger partial charge in [-0.1, -0.05) is 18.9 Å². The lowest BCUT2D eigenvalue weighted by Crippen LogP contribution is -2.24. The zero-order valence-electron chi connectivity index (χ0n) is 10.9. The summed E-state index contributed by atoms with van der Waals surface area (Å²) in [6, 6.07) is 4.95. The first-order valence-corrected chi connectivity index (χ1v) is 8.68. The molecule has 1 aliphatic rings. The molecule has 0 saturated heterocycles. The fourth-order valence-corrected chi connectivity index (χ4v) is 3.71. The minimum atomic E-state index is -3.54. The third-order valence-corrected chi connectivity index (χ3v) is 4.95. The Morgan fingerprint density at radius 3 is 2.75 bits per heavy atom. The first-order valence-electron chi connectivity index (χ1n) is 6.47. The van der Waals surface area contributed by atoms with Gasteiger partial charge in [-0.15, -0.1) is 0 Å². The molecule has 0 aliphatic carbocycles. The van der Waals surface area contributed by atoms with Crippen LogP contribution in [0.3, 0.4) is 0 Å². The van der Waals surface area contributed by atoms with Crippen molar-refractivity contribution in [2.45, 2.75) is 30.6 Å². The molecule has 2 N–H and O–H groups in total. The molecule has 0 aromatic heterocycles. The summed E-state index contributed by atoms with van der Waals surface area (Å²) in [5, 5.41) is 8.66. The number of nitrogens with zero attached hydrogens (tertiary/aromatic N) is 2. The van der Waals surface area contributed by atoms with Gasteiger partial charge in [0.2, 0.25) is 10.0 Å². The zero-order valence-corrected chi connectivity index (χ0v) is 12.6. The summed E-state index contributed by atoms with van der Waals surface area (Å²) in [5.41, 5.74) is 1.02. The third kappa shape index (κ3) is 3.72. The highest BCUT2D eigenvalue weighted by atomic mass is 32.2. The van der Waals surface area contributed by atoms with Crippen LogP contribution in [0.25, 0.3) is 0 Å². The van der Waals surface area contributed by atoms with Gasteiger partial charge in [-0.2, -0.15) is 8.73 Å². The van der Waals surface area contributed by atoms with Crippen molar-refractivity contribution in [1.29, 1.82) is 0 Å². The number of sulfonamides is 1. The Morgan fingerprint density at radius 2 is 1.95 bits per heavy atom. The molecular weight excluding hydrogens is 298 g/mol. The van der Waals surface area contributed by atoms with Crippen molar-refractivity contribution in [3.8, 4) is 0 Å².